The predicted molar refractivity (Wildman–Crippen MR) is 76.5 cm³/mol. The lowest BCUT2D eigenvalue weighted by atomic mass is 9.95. The van der Waals surface area contributed by atoms with Crippen LogP contribution in [0.1, 0.15) is 17.9 Å². The number of halogens is 3. The summed E-state index contributed by atoms with van der Waals surface area (Å²) in [6.45, 7) is 0.915. The van der Waals surface area contributed by atoms with Crippen LogP contribution in [0.2, 0.25) is 10.0 Å². The molecule has 0 amide bonds. The van der Waals surface area contributed by atoms with Crippen LogP contribution in [0.25, 0.3) is 0 Å². The first-order valence-corrected chi connectivity index (χ1v) is 6.29. The Morgan fingerprint density at radius 2 is 2.17 bits per heavy atom. The lowest BCUT2D eigenvalue weighted by molar-refractivity contribution is 0.254. The summed E-state index contributed by atoms with van der Waals surface area (Å²) in [6.07, 6.45) is 0.840. The largest absolute Gasteiger partial charge is 0.496 e. The van der Waals surface area contributed by atoms with Crippen LogP contribution in [-0.4, -0.2) is 31.4 Å². The molecule has 0 radical (unpaired) electrons. The van der Waals surface area contributed by atoms with Gasteiger partial charge >= 0.3 is 0 Å². The second-order valence-electron chi connectivity index (χ2n) is 4.20. The van der Waals surface area contributed by atoms with Crippen molar-refractivity contribution in [1.29, 1.82) is 0 Å². The van der Waals surface area contributed by atoms with Crippen molar-refractivity contribution in [2.24, 2.45) is 0 Å². The van der Waals surface area contributed by atoms with Crippen molar-refractivity contribution >= 4 is 35.6 Å². The van der Waals surface area contributed by atoms with Crippen LogP contribution >= 0.6 is 35.6 Å². The molecule has 102 valence electrons. The molecule has 0 unspecified atom stereocenters. The molecule has 3 nitrogen and oxygen atoms in total. The zero-order valence-electron chi connectivity index (χ0n) is 9.95. The summed E-state index contributed by atoms with van der Waals surface area (Å²) >= 11 is 12.3. The Morgan fingerprint density at radius 3 is 2.72 bits per heavy atom. The topological polar surface area (TPSA) is 41.5 Å². The highest BCUT2D eigenvalue weighted by Crippen LogP contribution is 2.41. The minimum atomic E-state index is 0. The van der Waals surface area contributed by atoms with Gasteiger partial charge in [0.1, 0.15) is 5.75 Å². The number of hydrogen-bond donors (Lipinski definition) is 2. The normalized spacial score (nSPS) is 22.7. The molecule has 1 aromatic carbocycles. The first-order valence-electron chi connectivity index (χ1n) is 5.53. The van der Waals surface area contributed by atoms with Gasteiger partial charge in [0.25, 0.3) is 0 Å². The molecule has 0 aromatic heterocycles. The van der Waals surface area contributed by atoms with E-state index in [1.807, 2.05) is 6.07 Å². The van der Waals surface area contributed by atoms with E-state index in [2.05, 4.69) is 5.32 Å². The maximum atomic E-state index is 9.13. The molecule has 2 rings (SSSR count). The third kappa shape index (κ3) is 3.03. The number of aliphatic hydroxyl groups excluding tert-OH is 1. The van der Waals surface area contributed by atoms with Crippen LogP contribution in [0.15, 0.2) is 12.1 Å². The summed E-state index contributed by atoms with van der Waals surface area (Å²) in [5.74, 6) is 0.984. The molecule has 1 fully saturated rings. The van der Waals surface area contributed by atoms with Gasteiger partial charge in [-0.05, 0) is 18.6 Å². The molecule has 6 heteroatoms. The van der Waals surface area contributed by atoms with E-state index < -0.39 is 0 Å². The highest BCUT2D eigenvalue weighted by molar-refractivity contribution is 6.42. The Hall–Kier alpha value is -0.190. The fourth-order valence-electron chi connectivity index (χ4n) is 2.29. The number of hydrogen-bond acceptors (Lipinski definition) is 3. The molecule has 0 saturated carbocycles. The predicted octanol–water partition coefficient (Wildman–Crippen LogP) is 2.86. The Morgan fingerprint density at radius 1 is 1.44 bits per heavy atom. The minimum Gasteiger partial charge on any atom is -0.496 e. The molecule has 1 aliphatic rings. The first-order chi connectivity index (χ1) is 8.17. The second kappa shape index (κ2) is 6.83. The van der Waals surface area contributed by atoms with Crippen LogP contribution in [0, 0.1) is 0 Å². The fourth-order valence-corrected chi connectivity index (χ4v) is 2.76. The third-order valence-electron chi connectivity index (χ3n) is 3.16. The molecule has 2 atom stereocenters. The summed E-state index contributed by atoms with van der Waals surface area (Å²) in [5, 5.41) is 13.5. The molecule has 1 saturated heterocycles. The van der Waals surface area contributed by atoms with E-state index in [0.29, 0.717) is 10.0 Å². The SMILES string of the molecule is COc1ccc(Cl)c(Cl)c1[C@@H]1CN[C@H](CO)C1.Cl. The maximum absolute atomic E-state index is 9.13. The Bertz CT molecular complexity index is 415. The van der Waals surface area contributed by atoms with E-state index in [9.17, 15) is 0 Å². The van der Waals surface area contributed by atoms with Crippen molar-refractivity contribution in [2.45, 2.75) is 18.4 Å². The minimum absolute atomic E-state index is 0. The average Bonchev–Trinajstić information content (AvgIpc) is 2.80. The molecule has 0 bridgehead atoms. The number of benzene rings is 1. The molecule has 1 heterocycles. The van der Waals surface area contributed by atoms with Gasteiger partial charge in [0.05, 0.1) is 23.8 Å². The van der Waals surface area contributed by atoms with Crippen LogP contribution in [0.3, 0.4) is 0 Å². The molecule has 0 spiro atoms. The Balaban J connectivity index is 0.00000162. The molecule has 0 aliphatic carbocycles. The van der Waals surface area contributed by atoms with Crippen LogP contribution < -0.4 is 10.1 Å². The van der Waals surface area contributed by atoms with Crippen molar-refractivity contribution in [1.82, 2.24) is 5.32 Å². The number of rotatable bonds is 3. The van der Waals surface area contributed by atoms with Gasteiger partial charge in [-0.1, -0.05) is 23.2 Å². The average molecular weight is 313 g/mol. The quantitative estimate of drug-likeness (QED) is 0.902. The second-order valence-corrected chi connectivity index (χ2v) is 4.98. The van der Waals surface area contributed by atoms with Crippen LogP contribution in [0.4, 0.5) is 0 Å². The summed E-state index contributed by atoms with van der Waals surface area (Å²) in [7, 11) is 1.62. The summed E-state index contributed by atoms with van der Waals surface area (Å²) in [5.41, 5.74) is 0.935. The van der Waals surface area contributed by atoms with E-state index >= 15 is 0 Å². The molecular weight excluding hydrogens is 296 g/mol. The van der Waals surface area contributed by atoms with Crippen molar-refractivity contribution in [3.8, 4) is 5.75 Å². The monoisotopic (exact) mass is 311 g/mol. The van der Waals surface area contributed by atoms with Gasteiger partial charge in [0.15, 0.2) is 0 Å². The highest BCUT2D eigenvalue weighted by atomic mass is 35.5. The van der Waals surface area contributed by atoms with Gasteiger partial charge in [-0.15, -0.1) is 12.4 Å². The van der Waals surface area contributed by atoms with Gasteiger partial charge in [-0.25, -0.2) is 0 Å². The Labute approximate surface area is 123 Å². The van der Waals surface area contributed by atoms with Crippen molar-refractivity contribution in [2.75, 3.05) is 20.3 Å². The lowest BCUT2D eigenvalue weighted by Crippen LogP contribution is -2.24. The number of methoxy groups -OCH3 is 1. The zero-order chi connectivity index (χ0) is 12.4. The summed E-state index contributed by atoms with van der Waals surface area (Å²) in [6, 6.07) is 3.69. The number of nitrogens with one attached hydrogen (secondary N) is 1. The molecule has 1 aliphatic heterocycles. The van der Waals surface area contributed by atoms with E-state index in [1.54, 1.807) is 13.2 Å². The Kier molecular flexibility index (Phi) is 6.02. The highest BCUT2D eigenvalue weighted by Gasteiger charge is 2.29. The smallest absolute Gasteiger partial charge is 0.123 e. The maximum Gasteiger partial charge on any atom is 0.123 e. The fraction of sp³-hybridized carbons (Fsp3) is 0.500. The zero-order valence-corrected chi connectivity index (χ0v) is 12.3. The number of aliphatic hydroxyl groups is 1. The summed E-state index contributed by atoms with van der Waals surface area (Å²) < 4.78 is 5.33. The van der Waals surface area contributed by atoms with E-state index in [-0.39, 0.29) is 31.0 Å². The number of ether oxygens (including phenoxy) is 1. The van der Waals surface area contributed by atoms with Gasteiger partial charge in [0.2, 0.25) is 0 Å². The van der Waals surface area contributed by atoms with Gasteiger partial charge in [-0.3, -0.25) is 0 Å². The third-order valence-corrected chi connectivity index (χ3v) is 3.98. The lowest BCUT2D eigenvalue weighted by Gasteiger charge is -2.16. The van der Waals surface area contributed by atoms with Crippen LogP contribution in [-0.2, 0) is 0 Å². The summed E-state index contributed by atoms with van der Waals surface area (Å²) in [4.78, 5) is 0. The first kappa shape index (κ1) is 15.9. The molecule has 2 N–H and O–H groups in total. The molecular formula is C12H16Cl3NO2. The van der Waals surface area contributed by atoms with Gasteiger partial charge in [-0.2, -0.15) is 0 Å². The van der Waals surface area contributed by atoms with Gasteiger partial charge < -0.3 is 15.2 Å². The van der Waals surface area contributed by atoms with Crippen molar-refractivity contribution < 1.29 is 9.84 Å². The van der Waals surface area contributed by atoms with Crippen molar-refractivity contribution in [3.63, 3.8) is 0 Å². The van der Waals surface area contributed by atoms with Crippen LogP contribution in [0.5, 0.6) is 5.75 Å². The molecule has 18 heavy (non-hydrogen) atoms. The van der Waals surface area contributed by atoms with E-state index in [1.165, 1.54) is 0 Å². The van der Waals surface area contributed by atoms with Gasteiger partial charge in [0, 0.05) is 24.1 Å². The standard InChI is InChI=1S/C12H15Cl2NO2.ClH/c1-17-10-3-2-9(13)12(14)11(10)7-4-8(6-16)15-5-7;/h2-3,7-8,15-16H,4-6H2,1H3;1H/t7-,8-;/m0./s1. The van der Waals surface area contributed by atoms with Crippen molar-refractivity contribution in [3.05, 3.63) is 27.7 Å². The molecule has 1 aromatic rings. The van der Waals surface area contributed by atoms with E-state index in [4.69, 9.17) is 33.0 Å². The van der Waals surface area contributed by atoms with E-state index in [0.717, 1.165) is 24.3 Å².